The van der Waals surface area contributed by atoms with E-state index in [0.717, 1.165) is 44.4 Å². The van der Waals surface area contributed by atoms with Crippen molar-refractivity contribution >= 4 is 53.3 Å². The van der Waals surface area contributed by atoms with Gasteiger partial charge in [0.05, 0.1) is 0 Å². The maximum atomic E-state index is 12.4. The van der Waals surface area contributed by atoms with Crippen LogP contribution in [0.1, 0.15) is 6.42 Å². The number of amides is 1. The molecule has 0 aliphatic carbocycles. The van der Waals surface area contributed by atoms with E-state index in [0.29, 0.717) is 13.0 Å². The Labute approximate surface area is 178 Å². The third kappa shape index (κ3) is 7.61. The Balaban J connectivity index is 0.00000338. The second-order valence-electron chi connectivity index (χ2n) is 5.87. The van der Waals surface area contributed by atoms with E-state index < -0.39 is 0 Å². The minimum absolute atomic E-state index is 0. The number of carbonyl (C=O) groups is 1. The summed E-state index contributed by atoms with van der Waals surface area (Å²) in [5, 5.41) is 6.44. The molecular weight excluding hydrogens is 461 g/mol. The number of rotatable bonds is 7. The molecule has 0 unspecified atom stereocenters. The molecule has 2 N–H and O–H groups in total. The molecule has 1 fully saturated rings. The number of carbonyl (C=O) groups excluding carboxylic acids is 1. The fraction of sp³-hybridized carbons (Fsp3) is 0.556. The van der Waals surface area contributed by atoms with Crippen LogP contribution >= 0.6 is 35.7 Å². The van der Waals surface area contributed by atoms with Gasteiger partial charge in [-0.2, -0.15) is 11.8 Å². The van der Waals surface area contributed by atoms with Crippen LogP contribution < -0.4 is 15.5 Å². The lowest BCUT2D eigenvalue weighted by molar-refractivity contribution is -0.131. The van der Waals surface area contributed by atoms with Gasteiger partial charge in [-0.15, -0.1) is 24.0 Å². The fourth-order valence-electron chi connectivity index (χ4n) is 2.79. The first-order valence-electron chi connectivity index (χ1n) is 8.76. The van der Waals surface area contributed by atoms with E-state index in [1.807, 2.05) is 11.0 Å². The Hall–Kier alpha value is -1.16. The molecular formula is C18H30IN5OS. The van der Waals surface area contributed by atoms with Crippen molar-refractivity contribution in [3.05, 3.63) is 30.3 Å². The van der Waals surface area contributed by atoms with Crippen LogP contribution in [0.15, 0.2) is 35.3 Å². The molecule has 1 amide bonds. The fourth-order valence-corrected chi connectivity index (χ4v) is 3.10. The van der Waals surface area contributed by atoms with Gasteiger partial charge >= 0.3 is 0 Å². The maximum Gasteiger partial charge on any atom is 0.224 e. The molecule has 8 heteroatoms. The lowest BCUT2D eigenvalue weighted by Gasteiger charge is -2.36. The molecule has 0 aromatic heterocycles. The highest BCUT2D eigenvalue weighted by molar-refractivity contribution is 14.0. The minimum atomic E-state index is 0. The third-order valence-electron chi connectivity index (χ3n) is 4.21. The number of nitrogens with zero attached hydrogens (tertiary/aromatic N) is 3. The Morgan fingerprint density at radius 2 is 1.77 bits per heavy atom. The summed E-state index contributed by atoms with van der Waals surface area (Å²) in [4.78, 5) is 20.8. The van der Waals surface area contributed by atoms with Crippen molar-refractivity contribution in [3.8, 4) is 0 Å². The van der Waals surface area contributed by atoms with Gasteiger partial charge in [0.15, 0.2) is 5.96 Å². The standard InChI is InChI=1S/C18H29N5OS.HI/c1-19-18(21-10-15-25-2)20-9-8-17(24)23-13-11-22(12-14-23)16-6-4-3-5-7-16;/h3-7H,8-15H2,1-2H3,(H2,19,20,21);1H. The average Bonchev–Trinajstić information content (AvgIpc) is 2.67. The highest BCUT2D eigenvalue weighted by Crippen LogP contribution is 2.15. The van der Waals surface area contributed by atoms with Crippen molar-refractivity contribution in [2.75, 3.05) is 63.2 Å². The van der Waals surface area contributed by atoms with Crippen LogP contribution in [0, 0.1) is 0 Å². The summed E-state index contributed by atoms with van der Waals surface area (Å²) in [6.07, 6.45) is 2.57. The molecule has 0 radical (unpaired) electrons. The number of thioether (sulfide) groups is 1. The van der Waals surface area contributed by atoms with Gasteiger partial charge in [0.2, 0.25) is 5.91 Å². The molecule has 1 saturated heterocycles. The molecule has 0 spiro atoms. The molecule has 1 aromatic carbocycles. The van der Waals surface area contributed by atoms with Gasteiger partial charge in [-0.05, 0) is 18.4 Å². The van der Waals surface area contributed by atoms with Gasteiger partial charge in [0.25, 0.3) is 0 Å². The summed E-state index contributed by atoms with van der Waals surface area (Å²) < 4.78 is 0. The summed E-state index contributed by atoms with van der Waals surface area (Å²) in [7, 11) is 1.75. The first-order chi connectivity index (χ1) is 12.2. The molecule has 0 atom stereocenters. The number of hydrogen-bond donors (Lipinski definition) is 2. The summed E-state index contributed by atoms with van der Waals surface area (Å²) in [5.41, 5.74) is 1.23. The summed E-state index contributed by atoms with van der Waals surface area (Å²) in [6.45, 7) is 4.83. The number of piperazine rings is 1. The first kappa shape index (κ1) is 22.9. The maximum absolute atomic E-state index is 12.4. The molecule has 26 heavy (non-hydrogen) atoms. The average molecular weight is 491 g/mol. The molecule has 0 bridgehead atoms. The monoisotopic (exact) mass is 491 g/mol. The van der Waals surface area contributed by atoms with Crippen molar-refractivity contribution in [1.29, 1.82) is 0 Å². The van der Waals surface area contributed by atoms with Crippen LogP contribution in [0.5, 0.6) is 0 Å². The van der Waals surface area contributed by atoms with Crippen LogP contribution in [0.2, 0.25) is 0 Å². The van der Waals surface area contributed by atoms with E-state index in [1.54, 1.807) is 18.8 Å². The van der Waals surface area contributed by atoms with E-state index in [2.05, 4.69) is 51.0 Å². The van der Waals surface area contributed by atoms with Crippen molar-refractivity contribution in [2.45, 2.75) is 6.42 Å². The predicted octanol–water partition coefficient (Wildman–Crippen LogP) is 1.87. The number of para-hydroxylation sites is 1. The molecule has 1 heterocycles. The summed E-state index contributed by atoms with van der Waals surface area (Å²) in [5.74, 6) is 2.00. The number of halogens is 1. The zero-order valence-corrected chi connectivity index (χ0v) is 18.8. The highest BCUT2D eigenvalue weighted by Gasteiger charge is 2.20. The second kappa shape index (κ2) is 13.1. The van der Waals surface area contributed by atoms with Crippen LogP contribution in [0.3, 0.4) is 0 Å². The molecule has 146 valence electrons. The predicted molar refractivity (Wildman–Crippen MR) is 123 cm³/mol. The van der Waals surface area contributed by atoms with Crippen molar-refractivity contribution in [2.24, 2.45) is 4.99 Å². The quantitative estimate of drug-likeness (QED) is 0.264. The molecule has 2 rings (SSSR count). The third-order valence-corrected chi connectivity index (χ3v) is 4.82. The molecule has 1 aliphatic rings. The first-order valence-corrected chi connectivity index (χ1v) is 10.1. The molecule has 1 aromatic rings. The number of nitrogens with one attached hydrogen (secondary N) is 2. The van der Waals surface area contributed by atoms with Crippen molar-refractivity contribution < 1.29 is 4.79 Å². The smallest absolute Gasteiger partial charge is 0.224 e. The van der Waals surface area contributed by atoms with Crippen LogP contribution in [-0.2, 0) is 4.79 Å². The zero-order valence-electron chi connectivity index (χ0n) is 15.6. The van der Waals surface area contributed by atoms with Gasteiger partial charge < -0.3 is 20.4 Å². The topological polar surface area (TPSA) is 60.0 Å². The molecule has 6 nitrogen and oxygen atoms in total. The number of benzene rings is 1. The van der Waals surface area contributed by atoms with E-state index >= 15 is 0 Å². The van der Waals surface area contributed by atoms with E-state index in [-0.39, 0.29) is 29.9 Å². The van der Waals surface area contributed by atoms with Gasteiger partial charge in [0.1, 0.15) is 0 Å². The zero-order chi connectivity index (χ0) is 17.9. The highest BCUT2D eigenvalue weighted by atomic mass is 127. The molecule has 1 aliphatic heterocycles. The normalized spacial score (nSPS) is 14.6. The Kier molecular flexibility index (Phi) is 11.5. The van der Waals surface area contributed by atoms with Gasteiger partial charge in [-0.25, -0.2) is 0 Å². The summed E-state index contributed by atoms with van der Waals surface area (Å²) in [6, 6.07) is 10.4. The number of anilines is 1. The lowest BCUT2D eigenvalue weighted by Crippen LogP contribution is -2.49. The minimum Gasteiger partial charge on any atom is -0.368 e. The van der Waals surface area contributed by atoms with Gasteiger partial charge in [-0.1, -0.05) is 18.2 Å². The number of hydrogen-bond acceptors (Lipinski definition) is 4. The van der Waals surface area contributed by atoms with E-state index in [4.69, 9.17) is 0 Å². The number of guanidine groups is 1. The second-order valence-corrected chi connectivity index (χ2v) is 6.86. The van der Waals surface area contributed by atoms with Crippen LogP contribution in [0.25, 0.3) is 0 Å². The largest absolute Gasteiger partial charge is 0.368 e. The molecule has 0 saturated carbocycles. The van der Waals surface area contributed by atoms with Gasteiger partial charge in [-0.3, -0.25) is 9.79 Å². The summed E-state index contributed by atoms with van der Waals surface area (Å²) >= 11 is 1.79. The van der Waals surface area contributed by atoms with Crippen LogP contribution in [0.4, 0.5) is 5.69 Å². The Morgan fingerprint density at radius 1 is 1.12 bits per heavy atom. The van der Waals surface area contributed by atoms with E-state index in [1.165, 1.54) is 5.69 Å². The van der Waals surface area contributed by atoms with Crippen molar-refractivity contribution in [1.82, 2.24) is 15.5 Å². The Morgan fingerprint density at radius 3 is 2.38 bits per heavy atom. The lowest BCUT2D eigenvalue weighted by atomic mass is 10.2. The van der Waals surface area contributed by atoms with E-state index in [9.17, 15) is 4.79 Å². The SMILES string of the molecule is CN=C(NCCSC)NCCC(=O)N1CCN(c2ccccc2)CC1.I. The Bertz CT molecular complexity index is 550. The van der Waals surface area contributed by atoms with Crippen molar-refractivity contribution in [3.63, 3.8) is 0 Å². The van der Waals surface area contributed by atoms with Crippen LogP contribution in [-0.4, -0.2) is 75.1 Å². The number of aliphatic imine (C=N–C) groups is 1. The van der Waals surface area contributed by atoms with Gasteiger partial charge in [0, 0.05) is 64.2 Å².